The minimum absolute atomic E-state index is 0.318. The van der Waals surface area contributed by atoms with Crippen LogP contribution in [0.5, 0.6) is 0 Å². The standard InChI is InChI=1S/C11H21N3S/c1-5-15-7-9(2)14-8-13-6-10(14)11(3,4)12/h6,8-9H,5,7,12H2,1-4H3. The third-order valence-corrected chi connectivity index (χ3v) is 3.49. The highest BCUT2D eigenvalue weighted by molar-refractivity contribution is 7.99. The molecule has 1 aromatic heterocycles. The van der Waals surface area contributed by atoms with Gasteiger partial charge in [-0.2, -0.15) is 11.8 Å². The molecule has 1 unspecified atom stereocenters. The van der Waals surface area contributed by atoms with Crippen molar-refractivity contribution >= 4 is 11.8 Å². The van der Waals surface area contributed by atoms with Crippen LogP contribution in [0, 0.1) is 0 Å². The summed E-state index contributed by atoms with van der Waals surface area (Å²) in [4.78, 5) is 4.19. The summed E-state index contributed by atoms with van der Waals surface area (Å²) in [7, 11) is 0. The lowest BCUT2D eigenvalue weighted by atomic mass is 10.0. The van der Waals surface area contributed by atoms with Gasteiger partial charge in [-0.05, 0) is 26.5 Å². The van der Waals surface area contributed by atoms with E-state index >= 15 is 0 Å². The highest BCUT2D eigenvalue weighted by atomic mass is 32.2. The fourth-order valence-electron chi connectivity index (χ4n) is 1.52. The van der Waals surface area contributed by atoms with Gasteiger partial charge in [0, 0.05) is 18.0 Å². The van der Waals surface area contributed by atoms with Crippen LogP contribution in [-0.4, -0.2) is 21.1 Å². The zero-order valence-electron chi connectivity index (χ0n) is 10.0. The Bertz CT molecular complexity index is 301. The molecule has 0 radical (unpaired) electrons. The molecule has 0 aliphatic carbocycles. The zero-order valence-corrected chi connectivity index (χ0v) is 10.8. The summed E-state index contributed by atoms with van der Waals surface area (Å²) in [5, 5.41) is 0. The summed E-state index contributed by atoms with van der Waals surface area (Å²) in [5.74, 6) is 2.26. The Kier molecular flexibility index (Phi) is 4.22. The molecule has 86 valence electrons. The van der Waals surface area contributed by atoms with Gasteiger partial charge in [0.25, 0.3) is 0 Å². The van der Waals surface area contributed by atoms with E-state index in [0.717, 1.165) is 17.2 Å². The van der Waals surface area contributed by atoms with Crippen molar-refractivity contribution in [1.82, 2.24) is 9.55 Å². The average Bonchev–Trinajstić information content (AvgIpc) is 2.61. The molecule has 0 saturated heterocycles. The van der Waals surface area contributed by atoms with Gasteiger partial charge in [0.1, 0.15) is 0 Å². The molecule has 0 aromatic carbocycles. The van der Waals surface area contributed by atoms with Gasteiger partial charge >= 0.3 is 0 Å². The van der Waals surface area contributed by atoms with E-state index in [-0.39, 0.29) is 5.54 Å². The van der Waals surface area contributed by atoms with Gasteiger partial charge in [0.2, 0.25) is 0 Å². The molecule has 4 heteroatoms. The second-order valence-corrected chi connectivity index (χ2v) is 5.74. The number of nitrogens with two attached hydrogens (primary N) is 1. The van der Waals surface area contributed by atoms with Crippen LogP contribution in [0.3, 0.4) is 0 Å². The first kappa shape index (κ1) is 12.6. The van der Waals surface area contributed by atoms with Crippen molar-refractivity contribution in [3.05, 3.63) is 18.2 Å². The minimum atomic E-state index is -0.318. The quantitative estimate of drug-likeness (QED) is 0.840. The molecule has 3 nitrogen and oxygen atoms in total. The Balaban J connectivity index is 2.81. The van der Waals surface area contributed by atoms with Crippen LogP contribution in [0.2, 0.25) is 0 Å². The number of hydrogen-bond acceptors (Lipinski definition) is 3. The number of thioether (sulfide) groups is 1. The van der Waals surface area contributed by atoms with Crippen LogP contribution in [0.25, 0.3) is 0 Å². The van der Waals surface area contributed by atoms with E-state index in [4.69, 9.17) is 5.73 Å². The summed E-state index contributed by atoms with van der Waals surface area (Å²) >= 11 is 1.94. The third kappa shape index (κ3) is 3.24. The Hall–Kier alpha value is -0.480. The molecule has 0 aliphatic rings. The van der Waals surface area contributed by atoms with E-state index in [0.29, 0.717) is 6.04 Å². The number of aromatic nitrogens is 2. The largest absolute Gasteiger partial charge is 0.329 e. The van der Waals surface area contributed by atoms with Gasteiger partial charge in [0.05, 0.1) is 17.6 Å². The number of rotatable bonds is 5. The summed E-state index contributed by atoms with van der Waals surface area (Å²) in [6.07, 6.45) is 3.75. The van der Waals surface area contributed by atoms with E-state index in [1.165, 1.54) is 0 Å². The SMILES string of the molecule is CCSCC(C)n1cncc1C(C)(C)N. The van der Waals surface area contributed by atoms with Crippen LogP contribution in [0.15, 0.2) is 12.5 Å². The average molecular weight is 227 g/mol. The summed E-state index contributed by atoms with van der Waals surface area (Å²) in [5.41, 5.74) is 6.89. The number of imidazole rings is 1. The van der Waals surface area contributed by atoms with Gasteiger partial charge in [0.15, 0.2) is 0 Å². The molecule has 1 atom stereocenters. The van der Waals surface area contributed by atoms with Gasteiger partial charge < -0.3 is 10.3 Å². The molecule has 0 bridgehead atoms. The van der Waals surface area contributed by atoms with Crippen molar-refractivity contribution in [2.75, 3.05) is 11.5 Å². The van der Waals surface area contributed by atoms with Crippen LogP contribution in [0.1, 0.15) is 39.4 Å². The normalized spacial score (nSPS) is 14.2. The second kappa shape index (κ2) is 5.03. The Morgan fingerprint density at radius 3 is 2.80 bits per heavy atom. The van der Waals surface area contributed by atoms with Crippen molar-refractivity contribution in [2.45, 2.75) is 39.3 Å². The minimum Gasteiger partial charge on any atom is -0.329 e. The van der Waals surface area contributed by atoms with E-state index in [2.05, 4.69) is 23.4 Å². The monoisotopic (exact) mass is 227 g/mol. The van der Waals surface area contributed by atoms with Gasteiger partial charge in [-0.1, -0.05) is 6.92 Å². The lowest BCUT2D eigenvalue weighted by Gasteiger charge is -2.24. The summed E-state index contributed by atoms with van der Waals surface area (Å²) in [6, 6.07) is 0.454. The summed E-state index contributed by atoms with van der Waals surface area (Å²) < 4.78 is 2.18. The maximum absolute atomic E-state index is 6.10. The Morgan fingerprint density at radius 2 is 2.27 bits per heavy atom. The predicted molar refractivity (Wildman–Crippen MR) is 67.2 cm³/mol. The van der Waals surface area contributed by atoms with Crippen LogP contribution in [0.4, 0.5) is 0 Å². The van der Waals surface area contributed by atoms with Crippen molar-refractivity contribution < 1.29 is 0 Å². The van der Waals surface area contributed by atoms with Crippen LogP contribution in [-0.2, 0) is 5.54 Å². The topological polar surface area (TPSA) is 43.8 Å². The van der Waals surface area contributed by atoms with Crippen molar-refractivity contribution in [1.29, 1.82) is 0 Å². The first-order valence-electron chi connectivity index (χ1n) is 5.35. The highest BCUT2D eigenvalue weighted by Crippen LogP contribution is 2.22. The lowest BCUT2D eigenvalue weighted by molar-refractivity contribution is 0.469. The second-order valence-electron chi connectivity index (χ2n) is 4.42. The maximum Gasteiger partial charge on any atom is 0.0951 e. The number of hydrogen-bond donors (Lipinski definition) is 1. The third-order valence-electron chi connectivity index (χ3n) is 2.36. The molecule has 1 rings (SSSR count). The fourth-order valence-corrected chi connectivity index (χ4v) is 2.26. The molecule has 15 heavy (non-hydrogen) atoms. The first-order valence-corrected chi connectivity index (χ1v) is 6.51. The van der Waals surface area contributed by atoms with E-state index in [1.54, 1.807) is 0 Å². The van der Waals surface area contributed by atoms with Crippen LogP contribution < -0.4 is 5.73 Å². The van der Waals surface area contributed by atoms with Gasteiger partial charge in [-0.3, -0.25) is 0 Å². The molecular formula is C11H21N3S. The summed E-state index contributed by atoms with van der Waals surface area (Å²) in [6.45, 7) is 8.42. The Morgan fingerprint density at radius 1 is 1.60 bits per heavy atom. The highest BCUT2D eigenvalue weighted by Gasteiger charge is 2.21. The molecule has 0 aliphatic heterocycles. The molecule has 2 N–H and O–H groups in total. The first-order chi connectivity index (χ1) is 6.96. The van der Waals surface area contributed by atoms with Crippen molar-refractivity contribution in [3.63, 3.8) is 0 Å². The smallest absolute Gasteiger partial charge is 0.0951 e. The fraction of sp³-hybridized carbons (Fsp3) is 0.727. The molecular weight excluding hydrogens is 206 g/mol. The van der Waals surface area contributed by atoms with Crippen LogP contribution >= 0.6 is 11.8 Å². The Labute approximate surface area is 96.5 Å². The van der Waals surface area contributed by atoms with Crippen molar-refractivity contribution in [2.24, 2.45) is 5.73 Å². The molecule has 0 amide bonds. The van der Waals surface area contributed by atoms with Gasteiger partial charge in [-0.25, -0.2) is 4.98 Å². The maximum atomic E-state index is 6.10. The van der Waals surface area contributed by atoms with E-state index in [1.807, 2.05) is 38.1 Å². The number of nitrogens with zero attached hydrogens (tertiary/aromatic N) is 2. The molecule has 1 heterocycles. The van der Waals surface area contributed by atoms with E-state index in [9.17, 15) is 0 Å². The van der Waals surface area contributed by atoms with E-state index < -0.39 is 0 Å². The zero-order chi connectivity index (χ0) is 11.5. The van der Waals surface area contributed by atoms with Gasteiger partial charge in [-0.15, -0.1) is 0 Å². The van der Waals surface area contributed by atoms with Crippen molar-refractivity contribution in [3.8, 4) is 0 Å². The molecule has 0 spiro atoms. The molecule has 0 saturated carbocycles. The predicted octanol–water partition coefficient (Wildman–Crippen LogP) is 2.39. The lowest BCUT2D eigenvalue weighted by Crippen LogP contribution is -2.32. The molecule has 1 aromatic rings. The molecule has 0 fully saturated rings.